The second-order valence-corrected chi connectivity index (χ2v) is 7.44. The fourth-order valence-electron chi connectivity index (χ4n) is 4.03. The highest BCUT2D eigenvalue weighted by atomic mass is 16.6. The van der Waals surface area contributed by atoms with Crippen LogP contribution in [0.25, 0.3) is 5.70 Å². The third-order valence-electron chi connectivity index (χ3n) is 5.50. The number of para-hydroxylation sites is 1. The fourth-order valence-corrected chi connectivity index (χ4v) is 4.03. The Morgan fingerprint density at radius 2 is 1.92 bits per heavy atom. The normalized spacial score (nSPS) is 14.9. The summed E-state index contributed by atoms with van der Waals surface area (Å²) in [6, 6.07) is 9.39. The number of nitriles is 2. The maximum atomic E-state index is 13.3. The number of aromatic nitrogens is 1. The predicted molar refractivity (Wildman–Crippen MR) is 125 cm³/mol. The summed E-state index contributed by atoms with van der Waals surface area (Å²) in [5.41, 5.74) is 4.96. The van der Waals surface area contributed by atoms with Crippen LogP contribution in [0, 0.1) is 32.8 Å². The molecule has 12 nitrogen and oxygen atoms in total. The van der Waals surface area contributed by atoms with Gasteiger partial charge in [-0.25, -0.2) is 14.6 Å². The highest BCUT2D eigenvalue weighted by Crippen LogP contribution is 2.45. The number of carbonyl (C=O) groups excluding carboxylic acids is 2. The summed E-state index contributed by atoms with van der Waals surface area (Å²) in [6.07, 6.45) is 1.13. The van der Waals surface area contributed by atoms with Crippen molar-refractivity contribution in [2.75, 3.05) is 19.5 Å². The predicted octanol–water partition coefficient (Wildman–Crippen LogP) is 2.42. The van der Waals surface area contributed by atoms with Gasteiger partial charge in [-0.05, 0) is 13.8 Å². The van der Waals surface area contributed by atoms with Crippen LogP contribution in [0.5, 0.6) is 0 Å². The molecule has 3 rings (SSSR count). The first kappa shape index (κ1) is 25.4. The van der Waals surface area contributed by atoms with Gasteiger partial charge >= 0.3 is 11.9 Å². The maximum absolute atomic E-state index is 13.3. The summed E-state index contributed by atoms with van der Waals surface area (Å²) in [5, 5.41) is 34.3. The summed E-state index contributed by atoms with van der Waals surface area (Å²) in [5.74, 6) is -3.33. The molecule has 2 heterocycles. The number of esters is 2. The Kier molecular flexibility index (Phi) is 7.31. The van der Waals surface area contributed by atoms with Crippen LogP contribution in [0.1, 0.15) is 42.0 Å². The van der Waals surface area contributed by atoms with Crippen LogP contribution >= 0.6 is 0 Å². The van der Waals surface area contributed by atoms with Gasteiger partial charge in [0.2, 0.25) is 0 Å². The van der Waals surface area contributed by atoms with E-state index in [1.54, 1.807) is 6.92 Å². The molecule has 12 heteroatoms. The van der Waals surface area contributed by atoms with Crippen LogP contribution in [-0.2, 0) is 19.1 Å². The van der Waals surface area contributed by atoms with Gasteiger partial charge in [-0.15, -0.1) is 0 Å². The van der Waals surface area contributed by atoms with Gasteiger partial charge in [0, 0.05) is 29.1 Å². The Labute approximate surface area is 205 Å². The van der Waals surface area contributed by atoms with E-state index in [4.69, 9.17) is 15.2 Å². The molecule has 0 saturated carbocycles. The lowest BCUT2D eigenvalue weighted by atomic mass is 9.78. The largest absolute Gasteiger partial charge is 0.466 e. The number of ether oxygens (including phenoxy) is 2. The van der Waals surface area contributed by atoms with Crippen molar-refractivity contribution in [1.29, 1.82) is 10.5 Å². The third-order valence-corrected chi connectivity index (χ3v) is 5.50. The average molecular weight is 488 g/mol. The Hall–Kier alpha value is -5.23. The van der Waals surface area contributed by atoms with Crippen molar-refractivity contribution in [3.63, 3.8) is 0 Å². The molecule has 1 aromatic heterocycles. The molecule has 182 valence electrons. The number of pyridine rings is 1. The number of allylic oxidation sites excluding steroid dienone is 1. The van der Waals surface area contributed by atoms with Gasteiger partial charge in [-0.3, -0.25) is 10.1 Å². The minimum absolute atomic E-state index is 0.00138. The minimum atomic E-state index is -1.35. The summed E-state index contributed by atoms with van der Waals surface area (Å²) < 4.78 is 10.2. The molecule has 1 unspecified atom stereocenters. The number of dihydropyridines is 1. The zero-order valence-electron chi connectivity index (χ0n) is 19.5. The van der Waals surface area contributed by atoms with Gasteiger partial charge < -0.3 is 20.5 Å². The summed E-state index contributed by atoms with van der Waals surface area (Å²) in [7, 11) is 1.09. The molecule has 0 aliphatic carbocycles. The number of nitrogens with two attached hydrogens (primary N) is 1. The number of carbonyl (C=O) groups is 2. The van der Waals surface area contributed by atoms with E-state index in [1.807, 2.05) is 12.1 Å². The van der Waals surface area contributed by atoms with E-state index in [-0.39, 0.29) is 62.9 Å². The van der Waals surface area contributed by atoms with Gasteiger partial charge in [-0.1, -0.05) is 18.2 Å². The Morgan fingerprint density at radius 1 is 1.22 bits per heavy atom. The van der Waals surface area contributed by atoms with Crippen LogP contribution in [0.3, 0.4) is 0 Å². The van der Waals surface area contributed by atoms with Crippen LogP contribution in [-0.4, -0.2) is 35.6 Å². The lowest BCUT2D eigenvalue weighted by molar-refractivity contribution is -0.385. The van der Waals surface area contributed by atoms with Gasteiger partial charge in [0.15, 0.2) is 0 Å². The first-order chi connectivity index (χ1) is 17.2. The molecule has 36 heavy (non-hydrogen) atoms. The number of hydrogen-bond acceptors (Lipinski definition) is 11. The molecule has 0 spiro atoms. The van der Waals surface area contributed by atoms with Gasteiger partial charge in [0.05, 0.1) is 47.0 Å². The highest BCUT2D eigenvalue weighted by molar-refractivity contribution is 6.06. The number of nitrogens with zero attached hydrogens (tertiary/aromatic N) is 4. The SMILES string of the molecule is CCOC(=O)C1=C(C)NC(c2c(C#N)cnc(N)c2C#N)=C(C(=O)OC)C1c1ccccc1[N+](=O)[O-]. The number of anilines is 1. The molecule has 0 saturated heterocycles. The molecule has 0 fully saturated rings. The quantitative estimate of drug-likeness (QED) is 0.344. The number of hydrogen-bond donors (Lipinski definition) is 2. The lowest BCUT2D eigenvalue weighted by Crippen LogP contribution is -2.33. The highest BCUT2D eigenvalue weighted by Gasteiger charge is 2.42. The molecule has 1 atom stereocenters. The number of rotatable bonds is 6. The van der Waals surface area contributed by atoms with E-state index in [2.05, 4.69) is 10.3 Å². The second kappa shape index (κ2) is 10.4. The molecule has 1 aromatic carbocycles. The summed E-state index contributed by atoms with van der Waals surface area (Å²) in [6.45, 7) is 3.09. The fraction of sp³-hybridized carbons (Fsp3) is 0.208. The lowest BCUT2D eigenvalue weighted by Gasteiger charge is -2.31. The van der Waals surface area contributed by atoms with E-state index in [0.717, 1.165) is 13.3 Å². The maximum Gasteiger partial charge on any atom is 0.336 e. The van der Waals surface area contributed by atoms with Crippen LogP contribution in [0.4, 0.5) is 11.5 Å². The Balaban J connectivity index is 2.54. The molecular formula is C24H20N6O6. The number of methoxy groups -OCH3 is 1. The Morgan fingerprint density at radius 3 is 2.50 bits per heavy atom. The third kappa shape index (κ3) is 4.31. The number of nitrogen functional groups attached to an aromatic ring is 1. The van der Waals surface area contributed by atoms with E-state index in [9.17, 15) is 30.2 Å². The molecule has 0 amide bonds. The van der Waals surface area contributed by atoms with E-state index < -0.39 is 22.8 Å². The molecule has 0 radical (unpaired) electrons. The molecule has 1 aliphatic heterocycles. The average Bonchev–Trinajstić information content (AvgIpc) is 2.87. The van der Waals surface area contributed by atoms with Gasteiger partial charge in [-0.2, -0.15) is 10.5 Å². The topological polar surface area (TPSA) is 194 Å². The van der Waals surface area contributed by atoms with Crippen molar-refractivity contribution in [3.05, 3.63) is 79.7 Å². The van der Waals surface area contributed by atoms with Crippen LogP contribution in [0.2, 0.25) is 0 Å². The molecule has 2 aromatic rings. The molecular weight excluding hydrogens is 468 g/mol. The van der Waals surface area contributed by atoms with Crippen molar-refractivity contribution >= 4 is 29.1 Å². The van der Waals surface area contributed by atoms with E-state index in [0.29, 0.717) is 0 Å². The summed E-state index contributed by atoms with van der Waals surface area (Å²) in [4.78, 5) is 41.5. The smallest absolute Gasteiger partial charge is 0.336 e. The second-order valence-electron chi connectivity index (χ2n) is 7.44. The van der Waals surface area contributed by atoms with Crippen molar-refractivity contribution in [3.8, 4) is 12.1 Å². The van der Waals surface area contributed by atoms with Crippen molar-refractivity contribution in [2.45, 2.75) is 19.8 Å². The first-order valence-corrected chi connectivity index (χ1v) is 10.5. The molecule has 1 aliphatic rings. The van der Waals surface area contributed by atoms with E-state index in [1.165, 1.54) is 31.2 Å². The van der Waals surface area contributed by atoms with Crippen molar-refractivity contribution in [1.82, 2.24) is 10.3 Å². The van der Waals surface area contributed by atoms with Crippen LogP contribution < -0.4 is 11.1 Å². The summed E-state index contributed by atoms with van der Waals surface area (Å²) >= 11 is 0. The van der Waals surface area contributed by atoms with E-state index >= 15 is 0 Å². The molecule has 0 bridgehead atoms. The monoisotopic (exact) mass is 488 g/mol. The first-order valence-electron chi connectivity index (χ1n) is 10.5. The Bertz CT molecular complexity index is 1430. The zero-order valence-corrected chi connectivity index (χ0v) is 19.5. The number of benzene rings is 1. The zero-order chi connectivity index (χ0) is 26.6. The van der Waals surface area contributed by atoms with Gasteiger partial charge in [0.25, 0.3) is 5.69 Å². The molecule has 3 N–H and O–H groups in total. The number of nitrogens with one attached hydrogen (secondary N) is 1. The number of nitro groups is 1. The number of nitro benzene ring substituents is 1. The standard InChI is InChI=1S/C24H20N6O6/c1-4-36-24(32)17-12(2)29-21(18-13(9-25)11-28-22(27)15(18)10-26)20(23(31)35-3)19(17)14-7-5-6-8-16(14)30(33)34/h5-8,11,19,29H,4H2,1-3H3,(H2,27,28). The minimum Gasteiger partial charge on any atom is -0.466 e. The van der Waals surface area contributed by atoms with Crippen molar-refractivity contribution < 1.29 is 24.0 Å². The van der Waals surface area contributed by atoms with Crippen molar-refractivity contribution in [2.24, 2.45) is 0 Å². The van der Waals surface area contributed by atoms with Gasteiger partial charge in [0.1, 0.15) is 23.5 Å². The van der Waals surface area contributed by atoms with Crippen LogP contribution in [0.15, 0.2) is 47.3 Å².